The van der Waals surface area contributed by atoms with Crippen molar-refractivity contribution in [3.63, 3.8) is 0 Å². The van der Waals surface area contributed by atoms with Crippen molar-refractivity contribution in [3.8, 4) is 5.75 Å². The van der Waals surface area contributed by atoms with Crippen molar-refractivity contribution in [2.75, 3.05) is 25.0 Å². The number of hydrogen-bond donors (Lipinski definition) is 1. The Bertz CT molecular complexity index is 1080. The summed E-state index contributed by atoms with van der Waals surface area (Å²) in [5.41, 5.74) is 0.867. The topological polar surface area (TPSA) is 88.9 Å². The van der Waals surface area contributed by atoms with Crippen LogP contribution in [0.15, 0.2) is 57.8 Å². The minimum Gasteiger partial charge on any atom is -0.492 e. The lowest BCUT2D eigenvalue weighted by Crippen LogP contribution is -2.30. The summed E-state index contributed by atoms with van der Waals surface area (Å²) < 4.78 is 38.2. The normalized spacial score (nSPS) is 11.7. The second-order valence-electron chi connectivity index (χ2n) is 6.28. The maximum atomic E-state index is 12.8. The monoisotopic (exact) mass is 416 g/mol. The summed E-state index contributed by atoms with van der Waals surface area (Å²) in [6.07, 6.45) is 0. The van der Waals surface area contributed by atoms with Crippen LogP contribution in [0.5, 0.6) is 5.75 Å². The molecule has 0 saturated carbocycles. The minimum absolute atomic E-state index is 0.0876. The van der Waals surface area contributed by atoms with E-state index >= 15 is 0 Å². The number of sulfonamides is 1. The lowest BCUT2D eigenvalue weighted by molar-refractivity contribution is 0.0998. The number of hydrogen-bond acceptors (Lipinski definition) is 5. The first-order valence-electron chi connectivity index (χ1n) is 9.47. The van der Waals surface area contributed by atoms with E-state index in [9.17, 15) is 13.2 Å². The molecular formula is C21H24N2O5S. The quantitative estimate of drug-likeness (QED) is 0.597. The van der Waals surface area contributed by atoms with E-state index in [2.05, 4.69) is 5.32 Å². The smallest absolute Gasteiger partial charge is 0.291 e. The number of benzene rings is 2. The molecule has 0 bridgehead atoms. The molecule has 3 rings (SSSR count). The summed E-state index contributed by atoms with van der Waals surface area (Å²) in [6.45, 7) is 6.44. The number of fused-ring (bicyclic) bond motifs is 1. The first-order valence-corrected chi connectivity index (χ1v) is 10.9. The van der Waals surface area contributed by atoms with Crippen molar-refractivity contribution in [3.05, 3.63) is 54.3 Å². The van der Waals surface area contributed by atoms with Gasteiger partial charge in [-0.05, 0) is 37.3 Å². The van der Waals surface area contributed by atoms with Crippen molar-refractivity contribution >= 4 is 32.6 Å². The number of rotatable bonds is 8. The Morgan fingerprint density at radius 1 is 1.07 bits per heavy atom. The summed E-state index contributed by atoms with van der Waals surface area (Å²) in [5, 5.41) is 3.53. The van der Waals surface area contributed by atoms with Gasteiger partial charge in [0.25, 0.3) is 5.91 Å². The molecule has 3 aromatic rings. The molecule has 0 aliphatic rings. The number of nitrogens with zero attached hydrogens (tertiary/aromatic N) is 1. The molecule has 7 nitrogen and oxygen atoms in total. The fourth-order valence-electron chi connectivity index (χ4n) is 3.04. The van der Waals surface area contributed by atoms with Gasteiger partial charge >= 0.3 is 0 Å². The maximum Gasteiger partial charge on any atom is 0.291 e. The Kier molecular flexibility index (Phi) is 6.24. The number of carbonyl (C=O) groups is 1. The molecule has 1 heterocycles. The van der Waals surface area contributed by atoms with E-state index < -0.39 is 15.9 Å². The fraction of sp³-hybridized carbons (Fsp3) is 0.286. The van der Waals surface area contributed by atoms with Gasteiger partial charge in [0, 0.05) is 18.5 Å². The zero-order valence-electron chi connectivity index (χ0n) is 16.6. The van der Waals surface area contributed by atoms with Gasteiger partial charge in [-0.25, -0.2) is 8.42 Å². The molecule has 0 atom stereocenters. The predicted molar refractivity (Wildman–Crippen MR) is 112 cm³/mol. The van der Waals surface area contributed by atoms with Gasteiger partial charge in [-0.15, -0.1) is 0 Å². The van der Waals surface area contributed by atoms with Crippen LogP contribution in [0.3, 0.4) is 0 Å². The van der Waals surface area contributed by atoms with Crippen LogP contribution < -0.4 is 10.1 Å². The number of furan rings is 1. The van der Waals surface area contributed by atoms with Crippen molar-refractivity contribution in [2.24, 2.45) is 0 Å². The number of amides is 1. The third-order valence-electron chi connectivity index (χ3n) is 4.49. The van der Waals surface area contributed by atoms with Crippen molar-refractivity contribution in [1.29, 1.82) is 0 Å². The van der Waals surface area contributed by atoms with E-state index in [4.69, 9.17) is 9.15 Å². The van der Waals surface area contributed by atoms with E-state index in [0.717, 1.165) is 5.39 Å². The summed E-state index contributed by atoms with van der Waals surface area (Å²) in [6, 6.07) is 13.4. The third-order valence-corrected chi connectivity index (χ3v) is 6.54. The van der Waals surface area contributed by atoms with Gasteiger partial charge in [0.2, 0.25) is 10.0 Å². The van der Waals surface area contributed by atoms with Gasteiger partial charge in [0.15, 0.2) is 5.76 Å². The number of nitrogens with one attached hydrogen (secondary N) is 1. The summed E-state index contributed by atoms with van der Waals surface area (Å²) in [4.78, 5) is 12.8. The highest BCUT2D eigenvalue weighted by atomic mass is 32.2. The van der Waals surface area contributed by atoms with E-state index in [1.807, 2.05) is 25.1 Å². The largest absolute Gasteiger partial charge is 0.492 e. The zero-order chi connectivity index (χ0) is 21.0. The SMILES string of the molecule is CCOc1ccc(S(=O)(=O)N(CC)CC)cc1NC(=O)c1cc2ccccc2o1. The third kappa shape index (κ3) is 4.28. The predicted octanol–water partition coefficient (Wildman–Crippen LogP) is 4.11. The van der Waals surface area contributed by atoms with Gasteiger partial charge in [0.1, 0.15) is 11.3 Å². The molecule has 0 spiro atoms. The Morgan fingerprint density at radius 2 is 1.79 bits per heavy atom. The van der Waals surface area contributed by atoms with Gasteiger partial charge < -0.3 is 14.5 Å². The molecule has 154 valence electrons. The molecule has 0 unspecified atom stereocenters. The standard InChI is InChI=1S/C21H24N2O5S/c1-4-23(5-2)29(25,26)16-11-12-19(27-6-3)17(14-16)22-21(24)20-13-15-9-7-8-10-18(15)28-20/h7-14H,4-6H2,1-3H3,(H,22,24). The first kappa shape index (κ1) is 20.9. The Balaban J connectivity index is 1.96. The van der Waals surface area contributed by atoms with Crippen LogP contribution in [0.4, 0.5) is 5.69 Å². The minimum atomic E-state index is -3.67. The molecule has 0 aliphatic heterocycles. The molecule has 29 heavy (non-hydrogen) atoms. The highest BCUT2D eigenvalue weighted by Gasteiger charge is 2.24. The molecule has 1 N–H and O–H groups in total. The van der Waals surface area contributed by atoms with E-state index in [-0.39, 0.29) is 16.3 Å². The van der Waals surface area contributed by atoms with Crippen molar-refractivity contribution < 1.29 is 22.4 Å². The summed E-state index contributed by atoms with van der Waals surface area (Å²) in [5.74, 6) is 0.0284. The van der Waals surface area contributed by atoms with Crippen LogP contribution in [0.25, 0.3) is 11.0 Å². The molecule has 0 saturated heterocycles. The summed E-state index contributed by atoms with van der Waals surface area (Å²) in [7, 11) is -3.67. The average molecular weight is 416 g/mol. The van der Waals surface area contributed by atoms with Crippen LogP contribution in [0.1, 0.15) is 31.3 Å². The van der Waals surface area contributed by atoms with Crippen LogP contribution >= 0.6 is 0 Å². The highest BCUT2D eigenvalue weighted by molar-refractivity contribution is 7.89. The molecule has 0 aliphatic carbocycles. The van der Waals surface area contributed by atoms with Crippen LogP contribution in [0.2, 0.25) is 0 Å². The van der Waals surface area contributed by atoms with Gasteiger partial charge in [0.05, 0.1) is 17.2 Å². The molecule has 2 aromatic carbocycles. The highest BCUT2D eigenvalue weighted by Crippen LogP contribution is 2.30. The van der Waals surface area contributed by atoms with E-state index in [1.165, 1.54) is 16.4 Å². The van der Waals surface area contributed by atoms with Crippen molar-refractivity contribution in [2.45, 2.75) is 25.7 Å². The average Bonchev–Trinajstić information content (AvgIpc) is 3.14. The van der Waals surface area contributed by atoms with Crippen LogP contribution in [0, 0.1) is 0 Å². The van der Waals surface area contributed by atoms with Crippen LogP contribution in [-0.2, 0) is 10.0 Å². The lowest BCUT2D eigenvalue weighted by atomic mass is 10.2. The van der Waals surface area contributed by atoms with E-state index in [1.54, 1.807) is 32.0 Å². The molecule has 0 radical (unpaired) electrons. The van der Waals surface area contributed by atoms with Gasteiger partial charge in [-0.3, -0.25) is 4.79 Å². The number of carbonyl (C=O) groups excluding carboxylic acids is 1. The summed E-state index contributed by atoms with van der Waals surface area (Å²) >= 11 is 0. The maximum absolute atomic E-state index is 12.8. The molecular weight excluding hydrogens is 392 g/mol. The van der Waals surface area contributed by atoms with Crippen molar-refractivity contribution in [1.82, 2.24) is 4.31 Å². The van der Waals surface area contributed by atoms with Gasteiger partial charge in [-0.1, -0.05) is 32.0 Å². The van der Waals surface area contributed by atoms with E-state index in [0.29, 0.717) is 31.0 Å². The molecule has 0 fully saturated rings. The number of para-hydroxylation sites is 1. The fourth-order valence-corrected chi connectivity index (χ4v) is 4.52. The zero-order valence-corrected chi connectivity index (χ0v) is 17.5. The second-order valence-corrected chi connectivity index (χ2v) is 8.22. The first-order chi connectivity index (χ1) is 13.9. The Hall–Kier alpha value is -2.84. The number of anilines is 1. The molecule has 8 heteroatoms. The van der Waals surface area contributed by atoms with Gasteiger partial charge in [-0.2, -0.15) is 4.31 Å². The molecule has 1 aromatic heterocycles. The Morgan fingerprint density at radius 3 is 2.45 bits per heavy atom. The van der Waals surface area contributed by atoms with Crippen LogP contribution in [-0.4, -0.2) is 38.3 Å². The lowest BCUT2D eigenvalue weighted by Gasteiger charge is -2.19. The second kappa shape index (κ2) is 8.67. The number of ether oxygens (including phenoxy) is 1. The molecule has 1 amide bonds. The Labute approximate surface area is 170 Å².